The second kappa shape index (κ2) is 8.75. The van der Waals surface area contributed by atoms with E-state index < -0.39 is 6.04 Å². The van der Waals surface area contributed by atoms with Crippen LogP contribution in [0.25, 0.3) is 11.4 Å². The summed E-state index contributed by atoms with van der Waals surface area (Å²) in [4.78, 5) is 4.43. The normalized spacial score (nSPS) is 11.4. The van der Waals surface area contributed by atoms with Crippen molar-refractivity contribution in [2.24, 2.45) is 5.73 Å². The van der Waals surface area contributed by atoms with E-state index in [-0.39, 0.29) is 12.4 Å². The van der Waals surface area contributed by atoms with Gasteiger partial charge in [-0.05, 0) is 24.6 Å². The zero-order valence-electron chi connectivity index (χ0n) is 15.6. The van der Waals surface area contributed by atoms with Gasteiger partial charge in [-0.2, -0.15) is 4.98 Å². The maximum Gasteiger partial charge on any atom is 0.248 e. The van der Waals surface area contributed by atoms with Gasteiger partial charge in [-0.15, -0.1) is 12.4 Å². The Balaban J connectivity index is 0.00000261. The maximum atomic E-state index is 6.25. The number of hydrogen-bond acceptors (Lipinski definition) is 7. The zero-order valence-corrected chi connectivity index (χ0v) is 16.4. The molecule has 144 valence electrons. The Labute approximate surface area is 163 Å². The van der Waals surface area contributed by atoms with E-state index in [0.29, 0.717) is 34.5 Å². The Kier molecular flexibility index (Phi) is 6.65. The first-order chi connectivity index (χ1) is 12.6. The largest absolute Gasteiger partial charge is 0.493 e. The van der Waals surface area contributed by atoms with Crippen molar-refractivity contribution in [3.05, 3.63) is 53.4 Å². The number of nitrogens with two attached hydrogens (primary N) is 1. The van der Waals surface area contributed by atoms with Crippen molar-refractivity contribution < 1.29 is 18.7 Å². The van der Waals surface area contributed by atoms with Crippen molar-refractivity contribution in [3.8, 4) is 28.6 Å². The van der Waals surface area contributed by atoms with E-state index in [1.54, 1.807) is 33.5 Å². The van der Waals surface area contributed by atoms with Gasteiger partial charge in [0.05, 0.1) is 21.3 Å². The molecule has 3 aromatic rings. The summed E-state index contributed by atoms with van der Waals surface area (Å²) in [5, 5.41) is 4.04. The quantitative estimate of drug-likeness (QED) is 0.686. The molecule has 27 heavy (non-hydrogen) atoms. The molecule has 1 heterocycles. The van der Waals surface area contributed by atoms with Crippen molar-refractivity contribution in [3.63, 3.8) is 0 Å². The molecule has 0 spiro atoms. The number of benzene rings is 2. The molecule has 1 unspecified atom stereocenters. The van der Waals surface area contributed by atoms with E-state index in [9.17, 15) is 0 Å². The van der Waals surface area contributed by atoms with Gasteiger partial charge < -0.3 is 24.5 Å². The number of halogens is 1. The lowest BCUT2D eigenvalue weighted by atomic mass is 10.1. The Morgan fingerprint density at radius 2 is 1.56 bits per heavy atom. The van der Waals surface area contributed by atoms with E-state index in [1.165, 1.54) is 0 Å². The summed E-state index contributed by atoms with van der Waals surface area (Å²) in [5.41, 5.74) is 8.98. The van der Waals surface area contributed by atoms with Gasteiger partial charge in [0.25, 0.3) is 0 Å². The molecular weight excluding hydrogens is 370 g/mol. The van der Waals surface area contributed by atoms with Gasteiger partial charge in [-0.25, -0.2) is 0 Å². The summed E-state index contributed by atoms with van der Waals surface area (Å²) in [5.74, 6) is 2.24. The molecule has 0 aliphatic rings. The molecule has 0 saturated carbocycles. The third kappa shape index (κ3) is 4.15. The average Bonchev–Trinajstić information content (AvgIpc) is 3.17. The minimum atomic E-state index is -0.501. The zero-order chi connectivity index (χ0) is 18.7. The standard InChI is InChI=1S/C19H21N3O4.ClH/c1-11-5-7-12(8-6-11)16(20)19-21-18(22-26-19)13-9-14(23-2)17(25-4)15(10-13)24-3;/h5-10,16H,20H2,1-4H3;1H. The molecule has 8 heteroatoms. The van der Waals surface area contributed by atoms with Crippen LogP contribution in [-0.4, -0.2) is 31.5 Å². The van der Waals surface area contributed by atoms with Gasteiger partial charge in [0.2, 0.25) is 17.5 Å². The van der Waals surface area contributed by atoms with Crippen molar-refractivity contribution in [2.45, 2.75) is 13.0 Å². The molecule has 3 rings (SSSR count). The highest BCUT2D eigenvalue weighted by atomic mass is 35.5. The lowest BCUT2D eigenvalue weighted by Gasteiger charge is -2.12. The minimum absolute atomic E-state index is 0. The lowest BCUT2D eigenvalue weighted by Crippen LogP contribution is -2.12. The molecule has 7 nitrogen and oxygen atoms in total. The van der Waals surface area contributed by atoms with Gasteiger partial charge in [-0.3, -0.25) is 0 Å². The van der Waals surface area contributed by atoms with Crippen LogP contribution in [0.15, 0.2) is 40.9 Å². The molecule has 0 radical (unpaired) electrons. The van der Waals surface area contributed by atoms with E-state index >= 15 is 0 Å². The van der Waals surface area contributed by atoms with Crippen LogP contribution in [0.5, 0.6) is 17.2 Å². The molecule has 0 saturated heterocycles. The fourth-order valence-electron chi connectivity index (χ4n) is 2.61. The maximum absolute atomic E-state index is 6.25. The molecule has 0 fully saturated rings. The molecule has 1 atom stereocenters. The first-order valence-electron chi connectivity index (χ1n) is 8.03. The third-order valence-electron chi connectivity index (χ3n) is 4.07. The molecule has 2 N–H and O–H groups in total. The Bertz CT molecular complexity index is 871. The first kappa shape index (κ1) is 20.5. The molecular formula is C19H22ClN3O4. The van der Waals surface area contributed by atoms with Gasteiger partial charge >= 0.3 is 0 Å². The van der Waals surface area contributed by atoms with Crippen molar-refractivity contribution in [1.29, 1.82) is 0 Å². The number of aryl methyl sites for hydroxylation is 1. The number of aromatic nitrogens is 2. The highest BCUT2D eigenvalue weighted by Gasteiger charge is 2.20. The molecule has 0 aliphatic carbocycles. The number of rotatable bonds is 6. The summed E-state index contributed by atoms with van der Waals surface area (Å²) in [6, 6.07) is 10.9. The third-order valence-corrected chi connectivity index (χ3v) is 4.07. The Morgan fingerprint density at radius 3 is 2.07 bits per heavy atom. The van der Waals surface area contributed by atoms with E-state index in [1.807, 2.05) is 31.2 Å². The van der Waals surface area contributed by atoms with Crippen LogP contribution in [0.2, 0.25) is 0 Å². The number of ether oxygens (including phenoxy) is 3. The van der Waals surface area contributed by atoms with Crippen LogP contribution < -0.4 is 19.9 Å². The molecule has 0 aliphatic heterocycles. The van der Waals surface area contributed by atoms with Gasteiger partial charge in [0, 0.05) is 5.56 Å². The van der Waals surface area contributed by atoms with E-state index in [4.69, 9.17) is 24.5 Å². The van der Waals surface area contributed by atoms with Crippen molar-refractivity contribution in [1.82, 2.24) is 10.1 Å². The van der Waals surface area contributed by atoms with Crippen LogP contribution in [0.1, 0.15) is 23.1 Å². The molecule has 1 aromatic heterocycles. The monoisotopic (exact) mass is 391 g/mol. The van der Waals surface area contributed by atoms with Gasteiger partial charge in [0.1, 0.15) is 6.04 Å². The number of nitrogens with zero attached hydrogens (tertiary/aromatic N) is 2. The fourth-order valence-corrected chi connectivity index (χ4v) is 2.61. The van der Waals surface area contributed by atoms with Gasteiger partial charge in [-0.1, -0.05) is 35.0 Å². The highest BCUT2D eigenvalue weighted by Crippen LogP contribution is 2.40. The highest BCUT2D eigenvalue weighted by molar-refractivity contribution is 5.85. The number of hydrogen-bond donors (Lipinski definition) is 1. The van der Waals surface area contributed by atoms with E-state index in [2.05, 4.69) is 10.1 Å². The second-order valence-corrected chi connectivity index (χ2v) is 5.76. The topological polar surface area (TPSA) is 92.6 Å². The molecule has 2 aromatic carbocycles. The Hall–Kier alpha value is -2.77. The fraction of sp³-hybridized carbons (Fsp3) is 0.263. The second-order valence-electron chi connectivity index (χ2n) is 5.76. The van der Waals surface area contributed by atoms with Crippen LogP contribution >= 0.6 is 12.4 Å². The van der Waals surface area contributed by atoms with Gasteiger partial charge in [0.15, 0.2) is 11.5 Å². The summed E-state index contributed by atoms with van der Waals surface area (Å²) >= 11 is 0. The Morgan fingerprint density at radius 1 is 0.963 bits per heavy atom. The van der Waals surface area contributed by atoms with Crippen molar-refractivity contribution >= 4 is 12.4 Å². The predicted molar refractivity (Wildman–Crippen MR) is 104 cm³/mol. The van der Waals surface area contributed by atoms with Crippen LogP contribution in [0.4, 0.5) is 0 Å². The minimum Gasteiger partial charge on any atom is -0.493 e. The average molecular weight is 392 g/mol. The smallest absolute Gasteiger partial charge is 0.248 e. The van der Waals surface area contributed by atoms with Crippen LogP contribution in [-0.2, 0) is 0 Å². The molecule has 0 amide bonds. The summed E-state index contributed by atoms with van der Waals surface area (Å²) in [6.07, 6.45) is 0. The SMILES string of the molecule is COc1cc(-c2noc(C(N)c3ccc(C)cc3)n2)cc(OC)c1OC.Cl. The number of methoxy groups -OCH3 is 3. The first-order valence-corrected chi connectivity index (χ1v) is 8.03. The predicted octanol–water partition coefficient (Wildman–Crippen LogP) is 3.54. The van der Waals surface area contributed by atoms with E-state index in [0.717, 1.165) is 11.1 Å². The summed E-state index contributed by atoms with van der Waals surface area (Å²) in [6.45, 7) is 2.02. The molecule has 0 bridgehead atoms. The van der Waals surface area contributed by atoms with Crippen molar-refractivity contribution in [2.75, 3.05) is 21.3 Å². The lowest BCUT2D eigenvalue weighted by molar-refractivity contribution is 0.324. The van der Waals surface area contributed by atoms with Crippen LogP contribution in [0.3, 0.4) is 0 Å². The van der Waals surface area contributed by atoms with Crippen LogP contribution in [0, 0.1) is 6.92 Å². The summed E-state index contributed by atoms with van der Waals surface area (Å²) < 4.78 is 21.4. The summed E-state index contributed by atoms with van der Waals surface area (Å²) in [7, 11) is 4.65.